The van der Waals surface area contributed by atoms with Gasteiger partial charge in [0, 0.05) is 0 Å². The normalized spacial score (nSPS) is 9.30. The monoisotopic (exact) mass is 175 g/mol. The van der Waals surface area contributed by atoms with E-state index in [9.17, 15) is 13.2 Å². The standard InChI is InChI=1S/C3H5NO4S.Na.H/c1-2-3(5)4-9(6,7)8;;/h2H,1H2,(H,4,5)(H,6,7,8);;/q;+1;-1. The van der Waals surface area contributed by atoms with E-state index >= 15 is 0 Å². The van der Waals surface area contributed by atoms with Crippen LogP contribution in [-0.4, -0.2) is 18.9 Å². The molecule has 0 aromatic rings. The van der Waals surface area contributed by atoms with Crippen molar-refractivity contribution >= 4 is 16.2 Å². The second-order valence-electron chi connectivity index (χ2n) is 1.15. The maximum absolute atomic E-state index is 10.1. The third kappa shape index (κ3) is 8.12. The minimum absolute atomic E-state index is 0. The molecule has 0 unspecified atom stereocenters. The van der Waals surface area contributed by atoms with Crippen LogP contribution in [0.1, 0.15) is 1.43 Å². The van der Waals surface area contributed by atoms with Crippen LogP contribution in [0.3, 0.4) is 0 Å². The molecule has 2 N–H and O–H groups in total. The average Bonchev–Trinajstić information content (AvgIpc) is 1.62. The third-order valence-electron chi connectivity index (χ3n) is 0.415. The zero-order chi connectivity index (χ0) is 7.49. The van der Waals surface area contributed by atoms with E-state index < -0.39 is 16.2 Å². The van der Waals surface area contributed by atoms with Crippen LogP contribution in [0.2, 0.25) is 0 Å². The number of rotatable bonds is 2. The largest absolute Gasteiger partial charge is 1.00 e. The van der Waals surface area contributed by atoms with Crippen LogP contribution < -0.4 is 34.3 Å². The molecule has 0 spiro atoms. The number of hydrogen-bond donors (Lipinski definition) is 2. The van der Waals surface area contributed by atoms with Crippen LogP contribution in [0, 0.1) is 0 Å². The molecular formula is C3H6NNaO4S. The molecule has 0 fully saturated rings. The van der Waals surface area contributed by atoms with Crippen LogP contribution in [0.5, 0.6) is 0 Å². The Morgan fingerprint density at radius 3 is 2.20 bits per heavy atom. The van der Waals surface area contributed by atoms with Gasteiger partial charge in [-0.3, -0.25) is 9.35 Å². The zero-order valence-corrected chi connectivity index (χ0v) is 8.18. The molecule has 0 saturated heterocycles. The molecule has 0 bridgehead atoms. The molecule has 0 aromatic carbocycles. The molecular weight excluding hydrogens is 169 g/mol. The number of hydrogen-bond acceptors (Lipinski definition) is 3. The molecule has 5 nitrogen and oxygen atoms in total. The molecule has 10 heavy (non-hydrogen) atoms. The van der Waals surface area contributed by atoms with Gasteiger partial charge in [-0.25, -0.2) is 4.72 Å². The van der Waals surface area contributed by atoms with E-state index in [1.807, 2.05) is 0 Å². The Morgan fingerprint density at radius 1 is 1.70 bits per heavy atom. The van der Waals surface area contributed by atoms with Crippen molar-refractivity contribution in [3.05, 3.63) is 12.7 Å². The van der Waals surface area contributed by atoms with Crippen LogP contribution in [0.15, 0.2) is 12.7 Å². The number of amides is 1. The first kappa shape index (κ1) is 12.8. The first-order chi connectivity index (χ1) is 3.95. The van der Waals surface area contributed by atoms with Gasteiger partial charge < -0.3 is 1.43 Å². The average molecular weight is 175 g/mol. The van der Waals surface area contributed by atoms with Gasteiger partial charge in [0.15, 0.2) is 0 Å². The van der Waals surface area contributed by atoms with Gasteiger partial charge in [-0.05, 0) is 6.08 Å². The molecule has 7 heteroatoms. The summed E-state index contributed by atoms with van der Waals surface area (Å²) in [6.07, 6.45) is 0.730. The van der Waals surface area contributed by atoms with Crippen molar-refractivity contribution in [2.75, 3.05) is 0 Å². The summed E-state index contributed by atoms with van der Waals surface area (Å²) in [5, 5.41) is 0. The maximum Gasteiger partial charge on any atom is 1.00 e. The van der Waals surface area contributed by atoms with Gasteiger partial charge in [-0.1, -0.05) is 6.58 Å². The molecule has 0 atom stereocenters. The Labute approximate surface area is 82.2 Å². The predicted octanol–water partition coefficient (Wildman–Crippen LogP) is -3.79. The second kappa shape index (κ2) is 4.86. The summed E-state index contributed by atoms with van der Waals surface area (Å²) in [6.45, 7) is 2.96. The van der Waals surface area contributed by atoms with E-state index in [1.165, 1.54) is 4.72 Å². The molecule has 54 valence electrons. The van der Waals surface area contributed by atoms with Crippen LogP contribution in [-0.2, 0) is 15.1 Å². The molecule has 0 aliphatic rings. The first-order valence-electron chi connectivity index (χ1n) is 1.87. The fourth-order valence-electron chi connectivity index (χ4n) is 0.169. The summed E-state index contributed by atoms with van der Waals surface area (Å²) in [7, 11) is -4.41. The summed E-state index contributed by atoms with van der Waals surface area (Å²) in [5.41, 5.74) is 0. The number of nitrogens with one attached hydrogen (secondary N) is 1. The minimum atomic E-state index is -4.41. The fourth-order valence-corrected chi connectivity index (χ4v) is 0.506. The fraction of sp³-hybridized carbons (Fsp3) is 0. The topological polar surface area (TPSA) is 83.5 Å². The van der Waals surface area contributed by atoms with Gasteiger partial charge in [0.2, 0.25) is 0 Å². The van der Waals surface area contributed by atoms with Gasteiger partial charge in [0.1, 0.15) is 0 Å². The Hall–Kier alpha value is 0.120. The van der Waals surface area contributed by atoms with Crippen LogP contribution in [0.25, 0.3) is 0 Å². The molecule has 0 aliphatic heterocycles. The van der Waals surface area contributed by atoms with E-state index in [1.54, 1.807) is 0 Å². The molecule has 0 aliphatic carbocycles. The smallest absolute Gasteiger partial charge is 1.00 e. The van der Waals surface area contributed by atoms with Crippen molar-refractivity contribution in [3.63, 3.8) is 0 Å². The summed E-state index contributed by atoms with van der Waals surface area (Å²) >= 11 is 0. The van der Waals surface area contributed by atoms with Crippen molar-refractivity contribution in [2.45, 2.75) is 0 Å². The summed E-state index contributed by atoms with van der Waals surface area (Å²) < 4.78 is 28.7. The Kier molecular flexibility index (Phi) is 6.21. The van der Waals surface area contributed by atoms with Crippen molar-refractivity contribution in [1.82, 2.24) is 4.72 Å². The summed E-state index contributed by atoms with van der Waals surface area (Å²) in [4.78, 5) is 10.1. The van der Waals surface area contributed by atoms with E-state index in [0.717, 1.165) is 6.08 Å². The quantitative estimate of drug-likeness (QED) is 0.256. The van der Waals surface area contributed by atoms with Gasteiger partial charge in [-0.15, -0.1) is 0 Å². The predicted molar refractivity (Wildman–Crippen MR) is 31.0 cm³/mol. The molecule has 0 aromatic heterocycles. The van der Waals surface area contributed by atoms with E-state index in [0.29, 0.717) is 0 Å². The summed E-state index contributed by atoms with van der Waals surface area (Å²) in [6, 6.07) is 0. The molecule has 0 rings (SSSR count). The van der Waals surface area contributed by atoms with E-state index in [4.69, 9.17) is 4.55 Å². The summed E-state index contributed by atoms with van der Waals surface area (Å²) in [5.74, 6) is -0.961. The van der Waals surface area contributed by atoms with Gasteiger partial charge >= 0.3 is 39.9 Å². The minimum Gasteiger partial charge on any atom is -1.00 e. The van der Waals surface area contributed by atoms with Crippen LogP contribution >= 0.6 is 0 Å². The van der Waals surface area contributed by atoms with Crippen molar-refractivity contribution in [1.29, 1.82) is 0 Å². The SMILES string of the molecule is C=CC(=O)NS(=O)(=O)O.[H-].[Na+]. The number of carbonyl (C=O) groups excluding carboxylic acids is 1. The van der Waals surface area contributed by atoms with Crippen molar-refractivity contribution < 1.29 is 48.7 Å². The third-order valence-corrected chi connectivity index (χ3v) is 0.874. The zero-order valence-electron chi connectivity index (χ0n) is 6.36. The molecule has 0 radical (unpaired) electrons. The number of carbonyl (C=O) groups is 1. The Balaban J connectivity index is -0.000000320. The first-order valence-corrected chi connectivity index (χ1v) is 3.31. The molecule has 0 saturated carbocycles. The van der Waals surface area contributed by atoms with Crippen LogP contribution in [0.4, 0.5) is 0 Å². The van der Waals surface area contributed by atoms with E-state index in [-0.39, 0.29) is 31.0 Å². The van der Waals surface area contributed by atoms with Crippen molar-refractivity contribution in [3.8, 4) is 0 Å². The van der Waals surface area contributed by atoms with Gasteiger partial charge in [-0.2, -0.15) is 8.42 Å². The van der Waals surface area contributed by atoms with Gasteiger partial charge in [0.05, 0.1) is 0 Å². The van der Waals surface area contributed by atoms with Crippen molar-refractivity contribution in [2.24, 2.45) is 0 Å². The Bertz CT molecular complexity index is 225. The maximum atomic E-state index is 10.1. The van der Waals surface area contributed by atoms with E-state index in [2.05, 4.69) is 6.58 Å². The van der Waals surface area contributed by atoms with Gasteiger partial charge in [0.25, 0.3) is 5.91 Å². The molecule has 1 amide bonds. The second-order valence-corrected chi connectivity index (χ2v) is 2.30. The Morgan fingerprint density at radius 2 is 2.10 bits per heavy atom. The molecule has 0 heterocycles.